The number of rotatable bonds is 7. The van der Waals surface area contributed by atoms with E-state index in [1.165, 1.54) is 5.01 Å². The van der Waals surface area contributed by atoms with Gasteiger partial charge in [0.05, 0.1) is 19.3 Å². The van der Waals surface area contributed by atoms with Crippen LogP contribution in [0, 0.1) is 0 Å². The Morgan fingerprint density at radius 3 is 1.85 bits per heavy atom. The molecule has 7 nitrogen and oxygen atoms in total. The van der Waals surface area contributed by atoms with Gasteiger partial charge in [0.25, 0.3) is 0 Å². The zero-order valence-electron chi connectivity index (χ0n) is 20.5. The van der Waals surface area contributed by atoms with Gasteiger partial charge in [-0.1, -0.05) is 60.7 Å². The van der Waals surface area contributed by atoms with Crippen LogP contribution in [0.2, 0.25) is 0 Å². The van der Waals surface area contributed by atoms with Gasteiger partial charge in [0, 0.05) is 0 Å². The lowest BCUT2D eigenvalue weighted by molar-refractivity contribution is -0.0251. The van der Waals surface area contributed by atoms with E-state index in [0.29, 0.717) is 13.0 Å². The summed E-state index contributed by atoms with van der Waals surface area (Å²) in [7, 11) is 0. The van der Waals surface area contributed by atoms with Crippen LogP contribution < -0.4 is 5.43 Å². The molecule has 1 N–H and O–H groups in total. The average molecular weight is 457 g/mol. The number of nitrogens with one attached hydrogen (secondary N) is 1. The molecule has 0 fully saturated rings. The maximum atomic E-state index is 13.1. The molecule has 7 heteroatoms. The van der Waals surface area contributed by atoms with Crippen molar-refractivity contribution < 1.29 is 23.8 Å². The Bertz CT molecular complexity index is 873. The van der Waals surface area contributed by atoms with Crippen LogP contribution in [0.15, 0.2) is 60.7 Å². The van der Waals surface area contributed by atoms with Crippen LogP contribution in [0.1, 0.15) is 52.7 Å². The van der Waals surface area contributed by atoms with Crippen molar-refractivity contribution in [1.29, 1.82) is 0 Å². The summed E-state index contributed by atoms with van der Waals surface area (Å²) in [6, 6.07) is 18.9. The van der Waals surface area contributed by atoms with Crippen molar-refractivity contribution >= 4 is 12.2 Å². The van der Waals surface area contributed by atoms with E-state index in [1.54, 1.807) is 41.5 Å². The Hall–Kier alpha value is -3.06. The molecule has 1 unspecified atom stereocenters. The highest BCUT2D eigenvalue weighted by molar-refractivity contribution is 5.74. The number of ether oxygens (including phenoxy) is 3. The fraction of sp³-hybridized carbons (Fsp3) is 0.462. The van der Waals surface area contributed by atoms with Gasteiger partial charge >= 0.3 is 12.2 Å². The van der Waals surface area contributed by atoms with E-state index in [4.69, 9.17) is 14.2 Å². The summed E-state index contributed by atoms with van der Waals surface area (Å²) in [5.74, 6) is 0. The molecular weight excluding hydrogens is 420 g/mol. The van der Waals surface area contributed by atoms with Crippen molar-refractivity contribution in [2.75, 3.05) is 6.61 Å². The van der Waals surface area contributed by atoms with Gasteiger partial charge < -0.3 is 14.2 Å². The first kappa shape index (κ1) is 26.2. The van der Waals surface area contributed by atoms with E-state index in [2.05, 4.69) is 5.43 Å². The predicted molar refractivity (Wildman–Crippen MR) is 127 cm³/mol. The van der Waals surface area contributed by atoms with E-state index >= 15 is 0 Å². The molecule has 0 bridgehead atoms. The minimum atomic E-state index is -0.743. The van der Waals surface area contributed by atoms with E-state index in [9.17, 15) is 9.59 Å². The largest absolute Gasteiger partial charge is 0.443 e. The molecule has 1 atom stereocenters. The third-order valence-corrected chi connectivity index (χ3v) is 4.30. The second kappa shape index (κ2) is 11.7. The van der Waals surface area contributed by atoms with Gasteiger partial charge in [-0.25, -0.2) is 20.0 Å². The van der Waals surface area contributed by atoms with Crippen molar-refractivity contribution in [3.63, 3.8) is 0 Å². The van der Waals surface area contributed by atoms with Gasteiger partial charge in [0.2, 0.25) is 0 Å². The fourth-order valence-electron chi connectivity index (χ4n) is 2.99. The molecule has 2 aromatic carbocycles. The SMILES string of the molecule is CC(C)(C)OC(=O)NN(C(=O)OC(C)(C)C)C(COCc1ccccc1)Cc1ccccc1. The second-order valence-electron chi connectivity index (χ2n) is 9.81. The standard InChI is InChI=1S/C26H36N2O5/c1-25(2,3)32-23(29)27-28(24(30)33-26(4,5)6)22(17-20-13-9-7-10-14-20)19-31-18-21-15-11-8-12-16-21/h7-16,22H,17-19H2,1-6H3,(H,27,29). The number of carbonyl (C=O) groups is 2. The molecule has 0 saturated heterocycles. The van der Waals surface area contributed by atoms with Crippen LogP contribution in [-0.2, 0) is 27.2 Å². The number of nitrogens with zero attached hydrogens (tertiary/aromatic N) is 1. The molecule has 0 aliphatic heterocycles. The normalized spacial score (nSPS) is 12.5. The summed E-state index contributed by atoms with van der Waals surface area (Å²) in [5.41, 5.74) is 3.12. The molecule has 2 aromatic rings. The summed E-state index contributed by atoms with van der Waals surface area (Å²) in [4.78, 5) is 25.7. The number of hydrogen-bond acceptors (Lipinski definition) is 5. The second-order valence-corrected chi connectivity index (χ2v) is 9.81. The average Bonchev–Trinajstić information content (AvgIpc) is 2.70. The quantitative estimate of drug-likeness (QED) is 0.558. The molecule has 0 spiro atoms. The summed E-state index contributed by atoms with van der Waals surface area (Å²) in [5, 5.41) is 1.18. The van der Waals surface area contributed by atoms with Crippen LogP contribution in [0.5, 0.6) is 0 Å². The highest BCUT2D eigenvalue weighted by Gasteiger charge is 2.32. The minimum absolute atomic E-state index is 0.179. The maximum absolute atomic E-state index is 13.1. The van der Waals surface area contributed by atoms with Crippen LogP contribution in [0.25, 0.3) is 0 Å². The molecule has 0 aromatic heterocycles. The molecular formula is C26H36N2O5. The topological polar surface area (TPSA) is 77.1 Å². The van der Waals surface area contributed by atoms with Crippen molar-refractivity contribution in [3.8, 4) is 0 Å². The number of hydrogen-bond donors (Lipinski definition) is 1. The van der Waals surface area contributed by atoms with Crippen LogP contribution in [-0.4, -0.2) is 41.0 Å². The molecule has 0 heterocycles. The van der Waals surface area contributed by atoms with E-state index < -0.39 is 29.4 Å². The Morgan fingerprint density at radius 1 is 0.818 bits per heavy atom. The van der Waals surface area contributed by atoms with Gasteiger partial charge in [-0.15, -0.1) is 0 Å². The smallest absolute Gasteiger partial charge is 0.429 e. The summed E-state index contributed by atoms with van der Waals surface area (Å²) >= 11 is 0. The summed E-state index contributed by atoms with van der Waals surface area (Å²) < 4.78 is 16.9. The highest BCUT2D eigenvalue weighted by Crippen LogP contribution is 2.16. The van der Waals surface area contributed by atoms with Crippen molar-refractivity contribution in [2.45, 2.75) is 71.8 Å². The molecule has 0 saturated carbocycles. The third-order valence-electron chi connectivity index (χ3n) is 4.30. The minimum Gasteiger partial charge on any atom is -0.443 e. The third kappa shape index (κ3) is 10.4. The first-order valence-electron chi connectivity index (χ1n) is 11.1. The molecule has 0 aliphatic carbocycles. The Morgan fingerprint density at radius 2 is 1.33 bits per heavy atom. The van der Waals surface area contributed by atoms with Crippen LogP contribution in [0.4, 0.5) is 9.59 Å². The van der Waals surface area contributed by atoms with Gasteiger partial charge in [-0.3, -0.25) is 0 Å². The van der Waals surface area contributed by atoms with E-state index in [0.717, 1.165) is 11.1 Å². The van der Waals surface area contributed by atoms with E-state index in [1.807, 2.05) is 60.7 Å². The molecule has 33 heavy (non-hydrogen) atoms. The van der Waals surface area contributed by atoms with Crippen molar-refractivity contribution in [2.24, 2.45) is 0 Å². The van der Waals surface area contributed by atoms with Gasteiger partial charge in [0.15, 0.2) is 0 Å². The Labute approximate surface area is 197 Å². The first-order chi connectivity index (χ1) is 15.4. The zero-order valence-corrected chi connectivity index (χ0v) is 20.5. The number of amides is 2. The summed E-state index contributed by atoms with van der Waals surface area (Å²) in [6.45, 7) is 11.1. The monoisotopic (exact) mass is 456 g/mol. The molecule has 2 rings (SSSR count). The molecule has 0 aliphatic rings. The van der Waals surface area contributed by atoms with Gasteiger partial charge in [0.1, 0.15) is 11.2 Å². The van der Waals surface area contributed by atoms with Crippen molar-refractivity contribution in [3.05, 3.63) is 71.8 Å². The Kier molecular flexibility index (Phi) is 9.29. The Balaban J connectivity index is 2.25. The summed E-state index contributed by atoms with van der Waals surface area (Å²) in [6.07, 6.45) is -0.975. The first-order valence-corrected chi connectivity index (χ1v) is 11.1. The van der Waals surface area contributed by atoms with Gasteiger partial charge in [-0.2, -0.15) is 0 Å². The van der Waals surface area contributed by atoms with Crippen LogP contribution in [0.3, 0.4) is 0 Å². The number of hydrazine groups is 1. The van der Waals surface area contributed by atoms with Crippen LogP contribution >= 0.6 is 0 Å². The lowest BCUT2D eigenvalue weighted by Crippen LogP contribution is -2.56. The van der Waals surface area contributed by atoms with Crippen molar-refractivity contribution in [1.82, 2.24) is 10.4 Å². The zero-order chi connectivity index (χ0) is 24.5. The molecule has 180 valence electrons. The van der Waals surface area contributed by atoms with Gasteiger partial charge in [-0.05, 0) is 59.1 Å². The molecule has 0 radical (unpaired) electrons. The lowest BCUT2D eigenvalue weighted by Gasteiger charge is -2.34. The fourth-order valence-corrected chi connectivity index (χ4v) is 2.99. The van der Waals surface area contributed by atoms with E-state index in [-0.39, 0.29) is 6.61 Å². The molecule has 2 amide bonds. The number of benzene rings is 2. The lowest BCUT2D eigenvalue weighted by atomic mass is 10.1. The number of carbonyl (C=O) groups excluding carboxylic acids is 2. The highest BCUT2D eigenvalue weighted by atomic mass is 16.6. The predicted octanol–water partition coefficient (Wildman–Crippen LogP) is 5.49. The maximum Gasteiger partial charge on any atom is 0.429 e.